The Hall–Kier alpha value is -3.91. The van der Waals surface area contributed by atoms with E-state index in [2.05, 4.69) is 20.3 Å². The van der Waals surface area contributed by atoms with Crippen LogP contribution in [0.4, 0.5) is 10.2 Å². The maximum atomic E-state index is 14.6. The average molecular weight is 503 g/mol. The zero-order chi connectivity index (χ0) is 25.0. The number of amidine groups is 1. The number of thioether (sulfide) groups is 1. The van der Waals surface area contributed by atoms with E-state index in [0.29, 0.717) is 24.1 Å². The van der Waals surface area contributed by atoms with Crippen LogP contribution in [0.2, 0.25) is 0 Å². The summed E-state index contributed by atoms with van der Waals surface area (Å²) in [6, 6.07) is 27.6. The van der Waals surface area contributed by atoms with Gasteiger partial charge >= 0.3 is 6.01 Å². The standard InChI is InChI=1S/C28H27FN4O2S/c1-2-34-24-15-9-14-23(16-24)19-35-27-30-18-25(29)26(32-27)33-28(31-17-21-10-5-3-6-11-21)36-20-22-12-7-4-8-13-22/h3-16,18H,2,17,19-20H2,1H3,(H,30,31,32,33). The van der Waals surface area contributed by atoms with Gasteiger partial charge in [0, 0.05) is 5.75 Å². The second-order valence-corrected chi connectivity index (χ2v) is 8.69. The fraction of sp³-hybridized carbons (Fsp3) is 0.179. The highest BCUT2D eigenvalue weighted by Crippen LogP contribution is 2.21. The smallest absolute Gasteiger partial charge is 0.318 e. The van der Waals surface area contributed by atoms with Crippen molar-refractivity contribution in [2.45, 2.75) is 25.8 Å². The number of hydrogen-bond donors (Lipinski definition) is 1. The Labute approximate surface area is 214 Å². The van der Waals surface area contributed by atoms with Gasteiger partial charge in [-0.15, -0.1) is 0 Å². The van der Waals surface area contributed by atoms with Crippen molar-refractivity contribution in [1.29, 1.82) is 0 Å². The Balaban J connectivity index is 1.47. The number of benzene rings is 3. The van der Waals surface area contributed by atoms with Crippen molar-refractivity contribution in [3.63, 3.8) is 0 Å². The normalized spacial score (nSPS) is 11.2. The first-order valence-electron chi connectivity index (χ1n) is 11.6. The molecule has 1 heterocycles. The molecule has 1 N–H and O–H groups in total. The van der Waals surface area contributed by atoms with Crippen molar-refractivity contribution in [1.82, 2.24) is 9.97 Å². The second kappa shape index (κ2) is 13.3. The maximum absolute atomic E-state index is 14.6. The van der Waals surface area contributed by atoms with Gasteiger partial charge < -0.3 is 14.8 Å². The van der Waals surface area contributed by atoms with Crippen LogP contribution in [0, 0.1) is 5.82 Å². The summed E-state index contributed by atoms with van der Waals surface area (Å²) in [5, 5.41) is 3.59. The van der Waals surface area contributed by atoms with Crippen LogP contribution in [0.25, 0.3) is 0 Å². The number of hydrogen-bond acceptors (Lipinski definition) is 6. The zero-order valence-corrected chi connectivity index (χ0v) is 20.7. The molecule has 0 radical (unpaired) electrons. The molecule has 0 aliphatic heterocycles. The molecule has 8 heteroatoms. The van der Waals surface area contributed by atoms with Gasteiger partial charge in [0.1, 0.15) is 12.4 Å². The van der Waals surface area contributed by atoms with Crippen LogP contribution in [0.3, 0.4) is 0 Å². The number of aliphatic imine (C=N–C) groups is 1. The van der Waals surface area contributed by atoms with E-state index in [9.17, 15) is 4.39 Å². The van der Waals surface area contributed by atoms with E-state index in [1.165, 1.54) is 11.8 Å². The first-order valence-corrected chi connectivity index (χ1v) is 12.6. The first-order chi connectivity index (χ1) is 17.7. The quantitative estimate of drug-likeness (QED) is 0.197. The molecule has 6 nitrogen and oxygen atoms in total. The second-order valence-electron chi connectivity index (χ2n) is 7.72. The van der Waals surface area contributed by atoms with Crippen LogP contribution < -0.4 is 14.8 Å². The van der Waals surface area contributed by atoms with Crippen LogP contribution >= 0.6 is 11.8 Å². The van der Waals surface area contributed by atoms with E-state index < -0.39 is 5.82 Å². The molecular weight excluding hydrogens is 475 g/mol. The lowest BCUT2D eigenvalue weighted by Crippen LogP contribution is -2.13. The number of ether oxygens (including phenoxy) is 2. The van der Waals surface area contributed by atoms with Gasteiger partial charge in [-0.05, 0) is 35.7 Å². The molecule has 0 unspecified atom stereocenters. The van der Waals surface area contributed by atoms with E-state index in [4.69, 9.17) is 9.47 Å². The molecule has 0 aliphatic rings. The molecule has 0 fully saturated rings. The van der Waals surface area contributed by atoms with Gasteiger partial charge in [0.15, 0.2) is 16.8 Å². The van der Waals surface area contributed by atoms with Crippen LogP contribution in [0.5, 0.6) is 11.8 Å². The van der Waals surface area contributed by atoms with Gasteiger partial charge in [-0.3, -0.25) is 4.99 Å². The van der Waals surface area contributed by atoms with Gasteiger partial charge in [-0.25, -0.2) is 9.37 Å². The molecule has 0 amide bonds. The van der Waals surface area contributed by atoms with Gasteiger partial charge in [-0.1, -0.05) is 84.6 Å². The third-order valence-corrected chi connectivity index (χ3v) is 5.97. The predicted octanol–water partition coefficient (Wildman–Crippen LogP) is 6.49. The van der Waals surface area contributed by atoms with E-state index in [1.54, 1.807) is 0 Å². The topological polar surface area (TPSA) is 68.6 Å². The van der Waals surface area contributed by atoms with E-state index in [0.717, 1.165) is 28.6 Å². The van der Waals surface area contributed by atoms with Crippen molar-refractivity contribution in [3.8, 4) is 11.8 Å². The molecule has 0 aliphatic carbocycles. The highest BCUT2D eigenvalue weighted by atomic mass is 32.2. The molecule has 0 atom stereocenters. The minimum Gasteiger partial charge on any atom is -0.494 e. The summed E-state index contributed by atoms with van der Waals surface area (Å²) in [7, 11) is 0. The molecule has 4 rings (SSSR count). The van der Waals surface area contributed by atoms with Crippen molar-refractivity contribution >= 4 is 22.7 Å². The largest absolute Gasteiger partial charge is 0.494 e. The number of nitrogens with one attached hydrogen (secondary N) is 1. The predicted molar refractivity (Wildman–Crippen MR) is 143 cm³/mol. The Kier molecular flexibility index (Phi) is 9.27. The van der Waals surface area contributed by atoms with Crippen molar-refractivity contribution in [3.05, 3.63) is 114 Å². The lowest BCUT2D eigenvalue weighted by atomic mass is 10.2. The van der Waals surface area contributed by atoms with E-state index in [1.807, 2.05) is 91.9 Å². The number of aromatic nitrogens is 2. The molecular formula is C28H27FN4O2S. The molecule has 0 bridgehead atoms. The summed E-state index contributed by atoms with van der Waals surface area (Å²) in [6.45, 7) is 3.19. The monoisotopic (exact) mass is 502 g/mol. The molecule has 0 saturated carbocycles. The number of rotatable bonds is 10. The molecule has 1 aromatic heterocycles. The van der Waals surface area contributed by atoms with Crippen LogP contribution in [-0.2, 0) is 18.9 Å². The van der Waals surface area contributed by atoms with Crippen molar-refractivity contribution in [2.75, 3.05) is 11.9 Å². The Morgan fingerprint density at radius 3 is 2.39 bits per heavy atom. The Morgan fingerprint density at radius 1 is 0.917 bits per heavy atom. The molecule has 0 spiro atoms. The third-order valence-electron chi connectivity index (χ3n) is 4.99. The summed E-state index contributed by atoms with van der Waals surface area (Å²) in [5.74, 6) is 0.854. The number of anilines is 1. The lowest BCUT2D eigenvalue weighted by molar-refractivity contribution is 0.278. The summed E-state index contributed by atoms with van der Waals surface area (Å²) >= 11 is 1.48. The highest BCUT2D eigenvalue weighted by molar-refractivity contribution is 8.13. The van der Waals surface area contributed by atoms with Crippen molar-refractivity contribution in [2.24, 2.45) is 4.99 Å². The Bertz CT molecular complexity index is 1270. The first kappa shape index (κ1) is 25.2. The molecule has 3 aromatic carbocycles. The number of halogens is 1. The Morgan fingerprint density at radius 2 is 1.64 bits per heavy atom. The summed E-state index contributed by atoms with van der Waals surface area (Å²) < 4.78 is 25.9. The molecule has 184 valence electrons. The van der Waals surface area contributed by atoms with Gasteiger partial charge in [-0.2, -0.15) is 4.98 Å². The zero-order valence-electron chi connectivity index (χ0n) is 19.9. The lowest BCUT2D eigenvalue weighted by Gasteiger charge is -2.12. The highest BCUT2D eigenvalue weighted by Gasteiger charge is 2.12. The summed E-state index contributed by atoms with van der Waals surface area (Å²) in [4.78, 5) is 12.9. The van der Waals surface area contributed by atoms with Gasteiger partial charge in [0.2, 0.25) is 0 Å². The number of nitrogens with zero attached hydrogens (tertiary/aromatic N) is 3. The van der Waals surface area contributed by atoms with Crippen LogP contribution in [-0.4, -0.2) is 21.7 Å². The third kappa shape index (κ3) is 7.81. The molecule has 36 heavy (non-hydrogen) atoms. The maximum Gasteiger partial charge on any atom is 0.318 e. The van der Waals surface area contributed by atoms with E-state index >= 15 is 0 Å². The average Bonchev–Trinajstić information content (AvgIpc) is 2.92. The van der Waals surface area contributed by atoms with Crippen LogP contribution in [0.1, 0.15) is 23.6 Å². The minimum absolute atomic E-state index is 0.00967. The van der Waals surface area contributed by atoms with E-state index in [-0.39, 0.29) is 18.4 Å². The minimum atomic E-state index is -0.589. The summed E-state index contributed by atoms with van der Waals surface area (Å²) in [5.41, 5.74) is 3.09. The molecule has 4 aromatic rings. The van der Waals surface area contributed by atoms with Crippen molar-refractivity contribution < 1.29 is 13.9 Å². The fourth-order valence-electron chi connectivity index (χ4n) is 3.24. The fourth-order valence-corrected chi connectivity index (χ4v) is 4.06. The van der Waals surface area contributed by atoms with Gasteiger partial charge in [0.05, 0.1) is 19.3 Å². The van der Waals surface area contributed by atoms with Gasteiger partial charge in [0.25, 0.3) is 0 Å². The molecule has 0 saturated heterocycles. The SMILES string of the molecule is CCOc1cccc(COc2ncc(F)c(NC(=NCc3ccccc3)SCc3ccccc3)n2)c1. The van der Waals surface area contributed by atoms with Crippen LogP contribution in [0.15, 0.2) is 96.1 Å². The summed E-state index contributed by atoms with van der Waals surface area (Å²) in [6.07, 6.45) is 1.10.